The van der Waals surface area contributed by atoms with Gasteiger partial charge in [0.05, 0.1) is 0 Å². The minimum atomic E-state index is 0.980. The maximum Gasteiger partial charge on any atom is 0.0273 e. The van der Waals surface area contributed by atoms with Crippen LogP contribution in [-0.4, -0.2) is 10.3 Å². The van der Waals surface area contributed by atoms with Crippen LogP contribution in [0.4, 0.5) is 0 Å². The summed E-state index contributed by atoms with van der Waals surface area (Å²) in [5.74, 6) is 0. The van der Waals surface area contributed by atoms with E-state index < -0.39 is 0 Å². The highest BCUT2D eigenvalue weighted by Gasteiger charge is 2.06. The molecule has 2 aromatic rings. The molecule has 0 aliphatic heterocycles. The molecule has 2 heteroatoms. The molecule has 0 aliphatic carbocycles. The van der Waals surface area contributed by atoms with Crippen LogP contribution in [0.25, 0.3) is 5.57 Å². The third-order valence-electron chi connectivity index (χ3n) is 2.88. The quantitative estimate of drug-likeness (QED) is 0.752. The maximum atomic E-state index is 4.09. The van der Waals surface area contributed by atoms with E-state index >= 15 is 0 Å². The summed E-state index contributed by atoms with van der Waals surface area (Å²) in [7, 11) is 0. The highest BCUT2D eigenvalue weighted by atomic mass is 79.9. The van der Waals surface area contributed by atoms with Gasteiger partial charge >= 0.3 is 0 Å². The average molecular weight is 302 g/mol. The lowest BCUT2D eigenvalue weighted by molar-refractivity contribution is 1.25. The van der Waals surface area contributed by atoms with Crippen LogP contribution in [0, 0.1) is 6.92 Å². The fraction of sp³-hybridized carbons (Fsp3) is 0.188. The van der Waals surface area contributed by atoms with E-state index in [2.05, 4.69) is 70.3 Å². The zero-order chi connectivity index (χ0) is 12.8. The Kier molecular flexibility index (Phi) is 4.71. The van der Waals surface area contributed by atoms with E-state index in [0.717, 1.165) is 11.8 Å². The van der Waals surface area contributed by atoms with Gasteiger partial charge in [-0.3, -0.25) is 4.98 Å². The molecule has 0 saturated carbocycles. The normalized spacial score (nSPS) is 11.6. The van der Waals surface area contributed by atoms with Crippen molar-refractivity contribution < 1.29 is 0 Å². The van der Waals surface area contributed by atoms with Gasteiger partial charge in [0.15, 0.2) is 0 Å². The van der Waals surface area contributed by atoms with Crippen molar-refractivity contribution in [2.45, 2.75) is 13.3 Å². The summed E-state index contributed by atoms with van der Waals surface area (Å²) in [5.41, 5.74) is 5.11. The number of aryl methyl sites for hydroxylation is 1. The largest absolute Gasteiger partial charge is 0.265 e. The van der Waals surface area contributed by atoms with E-state index in [1.54, 1.807) is 0 Å². The molecule has 0 atom stereocenters. The number of pyridine rings is 1. The van der Waals surface area contributed by atoms with Gasteiger partial charge in [-0.1, -0.05) is 46.3 Å². The molecule has 0 aliphatic rings. The lowest BCUT2D eigenvalue weighted by atomic mass is 9.94. The summed E-state index contributed by atoms with van der Waals surface area (Å²) in [6.07, 6.45) is 6.99. The van der Waals surface area contributed by atoms with Gasteiger partial charge in [0.25, 0.3) is 0 Å². The van der Waals surface area contributed by atoms with Gasteiger partial charge in [0, 0.05) is 17.7 Å². The number of allylic oxidation sites excluding steroid dienone is 1. The van der Waals surface area contributed by atoms with Gasteiger partial charge in [0.1, 0.15) is 0 Å². The summed E-state index contributed by atoms with van der Waals surface area (Å²) in [6.45, 7) is 2.15. The molecule has 2 rings (SSSR count). The predicted molar refractivity (Wildman–Crippen MR) is 80.9 cm³/mol. The van der Waals surface area contributed by atoms with E-state index in [1.807, 2.05) is 12.4 Å². The molecule has 18 heavy (non-hydrogen) atoms. The smallest absolute Gasteiger partial charge is 0.0273 e. The Morgan fingerprint density at radius 2 is 1.89 bits per heavy atom. The van der Waals surface area contributed by atoms with Crippen LogP contribution in [0.15, 0.2) is 54.9 Å². The molecular weight excluding hydrogens is 286 g/mol. The number of aromatic nitrogens is 1. The molecule has 1 aromatic carbocycles. The molecule has 0 unspecified atom stereocenters. The van der Waals surface area contributed by atoms with Crippen molar-refractivity contribution in [1.29, 1.82) is 0 Å². The molecule has 0 spiro atoms. The Balaban J connectivity index is 2.48. The Labute approximate surface area is 117 Å². The second kappa shape index (κ2) is 6.50. The van der Waals surface area contributed by atoms with Crippen LogP contribution in [0.2, 0.25) is 0 Å². The van der Waals surface area contributed by atoms with Crippen molar-refractivity contribution in [1.82, 2.24) is 4.98 Å². The van der Waals surface area contributed by atoms with Gasteiger partial charge in [-0.15, -0.1) is 0 Å². The number of alkyl halides is 1. The third kappa shape index (κ3) is 3.08. The lowest BCUT2D eigenvalue weighted by Crippen LogP contribution is -1.92. The SMILES string of the molecule is Cc1ccccc1/C(=C/CCBr)c1ccncc1. The van der Waals surface area contributed by atoms with E-state index in [0.29, 0.717) is 0 Å². The van der Waals surface area contributed by atoms with Crippen molar-refractivity contribution in [3.8, 4) is 0 Å². The highest BCUT2D eigenvalue weighted by Crippen LogP contribution is 2.26. The first-order valence-corrected chi connectivity index (χ1v) is 7.17. The van der Waals surface area contributed by atoms with Crippen molar-refractivity contribution in [2.75, 3.05) is 5.33 Å². The van der Waals surface area contributed by atoms with Crippen LogP contribution in [0.5, 0.6) is 0 Å². The zero-order valence-electron chi connectivity index (χ0n) is 10.4. The number of rotatable bonds is 4. The van der Waals surface area contributed by atoms with Crippen LogP contribution >= 0.6 is 15.9 Å². The second-order valence-corrected chi connectivity index (χ2v) is 4.94. The van der Waals surface area contributed by atoms with E-state index in [1.165, 1.54) is 22.3 Å². The lowest BCUT2D eigenvalue weighted by Gasteiger charge is -2.11. The number of benzene rings is 1. The molecular formula is C16H16BrN. The molecule has 0 amide bonds. The number of hydrogen-bond acceptors (Lipinski definition) is 1. The minimum Gasteiger partial charge on any atom is -0.265 e. The summed E-state index contributed by atoms with van der Waals surface area (Å²) >= 11 is 3.48. The number of halogens is 1. The summed E-state index contributed by atoms with van der Waals surface area (Å²) < 4.78 is 0. The van der Waals surface area contributed by atoms with Crippen LogP contribution in [-0.2, 0) is 0 Å². The zero-order valence-corrected chi connectivity index (χ0v) is 12.0. The fourth-order valence-corrected chi connectivity index (χ4v) is 2.22. The Hall–Kier alpha value is -1.41. The number of hydrogen-bond donors (Lipinski definition) is 0. The van der Waals surface area contributed by atoms with Crippen molar-refractivity contribution in [3.05, 3.63) is 71.6 Å². The molecule has 0 bridgehead atoms. The predicted octanol–water partition coefficient (Wildman–Crippen LogP) is 4.61. The summed E-state index contributed by atoms with van der Waals surface area (Å²) in [6, 6.07) is 12.6. The first-order chi connectivity index (χ1) is 8.83. The van der Waals surface area contributed by atoms with Crippen LogP contribution in [0.3, 0.4) is 0 Å². The first kappa shape index (κ1) is 13.0. The van der Waals surface area contributed by atoms with Crippen LogP contribution in [0.1, 0.15) is 23.1 Å². The first-order valence-electron chi connectivity index (χ1n) is 6.05. The standard InChI is InChI=1S/C16H16BrN/c1-13-5-2-3-6-15(13)16(7-4-10-17)14-8-11-18-12-9-14/h2-3,5-9,11-12H,4,10H2,1H3/b16-7+. The molecule has 1 heterocycles. The van der Waals surface area contributed by atoms with Gasteiger partial charge in [0.2, 0.25) is 0 Å². The van der Waals surface area contributed by atoms with E-state index in [4.69, 9.17) is 0 Å². The van der Waals surface area contributed by atoms with E-state index in [-0.39, 0.29) is 0 Å². The Bertz CT molecular complexity index is 532. The minimum absolute atomic E-state index is 0.980. The van der Waals surface area contributed by atoms with Gasteiger partial charge in [-0.2, -0.15) is 0 Å². The van der Waals surface area contributed by atoms with Crippen LogP contribution < -0.4 is 0 Å². The average Bonchev–Trinajstić information content (AvgIpc) is 2.42. The van der Waals surface area contributed by atoms with Gasteiger partial charge in [-0.05, 0) is 47.7 Å². The molecule has 1 aromatic heterocycles. The highest BCUT2D eigenvalue weighted by molar-refractivity contribution is 9.09. The summed E-state index contributed by atoms with van der Waals surface area (Å²) in [5, 5.41) is 0.980. The van der Waals surface area contributed by atoms with Crippen molar-refractivity contribution in [3.63, 3.8) is 0 Å². The fourth-order valence-electron chi connectivity index (χ4n) is 1.99. The van der Waals surface area contributed by atoms with Gasteiger partial charge < -0.3 is 0 Å². The second-order valence-electron chi connectivity index (χ2n) is 4.15. The Morgan fingerprint density at radius 1 is 1.17 bits per heavy atom. The van der Waals surface area contributed by atoms with Crippen molar-refractivity contribution in [2.24, 2.45) is 0 Å². The van der Waals surface area contributed by atoms with E-state index in [9.17, 15) is 0 Å². The molecule has 0 N–H and O–H groups in total. The van der Waals surface area contributed by atoms with Gasteiger partial charge in [-0.25, -0.2) is 0 Å². The third-order valence-corrected chi connectivity index (χ3v) is 3.34. The molecule has 0 saturated heterocycles. The summed E-state index contributed by atoms with van der Waals surface area (Å²) in [4.78, 5) is 4.09. The molecule has 0 radical (unpaired) electrons. The van der Waals surface area contributed by atoms with Crippen molar-refractivity contribution >= 4 is 21.5 Å². The molecule has 92 valence electrons. The molecule has 1 nitrogen and oxygen atoms in total. The topological polar surface area (TPSA) is 12.9 Å². The molecule has 0 fully saturated rings. The maximum absolute atomic E-state index is 4.09. The number of nitrogens with zero attached hydrogens (tertiary/aromatic N) is 1. The monoisotopic (exact) mass is 301 g/mol. The Morgan fingerprint density at radius 3 is 2.56 bits per heavy atom.